The number of anilines is 1. The lowest BCUT2D eigenvalue weighted by Gasteiger charge is -2.15. The summed E-state index contributed by atoms with van der Waals surface area (Å²) in [5.41, 5.74) is 1.10. The van der Waals surface area contributed by atoms with Gasteiger partial charge in [0.2, 0.25) is 5.91 Å². The normalized spacial score (nSPS) is 11.9. The molecule has 0 saturated heterocycles. The van der Waals surface area contributed by atoms with E-state index in [0.29, 0.717) is 33.8 Å². The first-order valence-corrected chi connectivity index (χ1v) is 11.4. The standard InChI is InChI=1S/C19H24ClN3O3S2/c1-4-8-27-11-13-10-17(24)23-19(22-13)28-16(5-2)18(25)21-12-6-7-15(26-3)14(20)9-12/h6-7,9-10,16H,4-5,8,11H2,1-3H3,(H,21,25)(H,22,23,24). The van der Waals surface area contributed by atoms with Gasteiger partial charge < -0.3 is 15.0 Å². The van der Waals surface area contributed by atoms with E-state index in [1.54, 1.807) is 30.0 Å². The van der Waals surface area contributed by atoms with Crippen molar-refractivity contribution in [2.24, 2.45) is 0 Å². The van der Waals surface area contributed by atoms with Gasteiger partial charge >= 0.3 is 0 Å². The van der Waals surface area contributed by atoms with Crippen LogP contribution < -0.4 is 15.6 Å². The lowest BCUT2D eigenvalue weighted by atomic mass is 10.2. The molecule has 1 aromatic heterocycles. The van der Waals surface area contributed by atoms with E-state index >= 15 is 0 Å². The summed E-state index contributed by atoms with van der Waals surface area (Å²) in [6.07, 6.45) is 1.65. The molecule has 1 amide bonds. The second-order valence-electron chi connectivity index (χ2n) is 5.95. The van der Waals surface area contributed by atoms with Crippen molar-refractivity contribution in [3.63, 3.8) is 0 Å². The Hall–Kier alpha value is -1.64. The van der Waals surface area contributed by atoms with E-state index in [2.05, 4.69) is 22.2 Å². The molecule has 6 nitrogen and oxygen atoms in total. The number of nitrogens with one attached hydrogen (secondary N) is 2. The minimum atomic E-state index is -0.400. The van der Waals surface area contributed by atoms with Gasteiger partial charge in [-0.2, -0.15) is 11.8 Å². The Bertz CT molecular complexity index is 861. The van der Waals surface area contributed by atoms with E-state index in [4.69, 9.17) is 16.3 Å². The fraction of sp³-hybridized carbons (Fsp3) is 0.421. The van der Waals surface area contributed by atoms with Crippen LogP contribution in [0.25, 0.3) is 0 Å². The lowest BCUT2D eigenvalue weighted by molar-refractivity contribution is -0.115. The largest absolute Gasteiger partial charge is 0.495 e. The number of H-pyrrole nitrogens is 1. The molecule has 2 rings (SSSR count). The summed E-state index contributed by atoms with van der Waals surface area (Å²) in [4.78, 5) is 31.8. The molecule has 0 radical (unpaired) electrons. The van der Waals surface area contributed by atoms with Crippen LogP contribution in [0.3, 0.4) is 0 Å². The molecule has 1 aromatic carbocycles. The van der Waals surface area contributed by atoms with Crippen LogP contribution in [0.4, 0.5) is 5.69 Å². The second kappa shape index (κ2) is 11.4. The van der Waals surface area contributed by atoms with Crippen molar-refractivity contribution >= 4 is 46.7 Å². The number of rotatable bonds is 10. The number of carbonyl (C=O) groups excluding carboxylic acids is 1. The number of ether oxygens (including phenoxy) is 1. The van der Waals surface area contributed by atoms with Gasteiger partial charge in [-0.1, -0.05) is 37.2 Å². The van der Waals surface area contributed by atoms with Crippen LogP contribution in [-0.2, 0) is 10.5 Å². The minimum Gasteiger partial charge on any atom is -0.495 e. The van der Waals surface area contributed by atoms with Crippen molar-refractivity contribution in [1.29, 1.82) is 0 Å². The number of aromatic amines is 1. The molecule has 9 heteroatoms. The molecule has 152 valence electrons. The number of nitrogens with zero attached hydrogens (tertiary/aromatic N) is 1. The molecule has 0 fully saturated rings. The summed E-state index contributed by atoms with van der Waals surface area (Å²) in [5, 5.41) is 3.33. The monoisotopic (exact) mass is 441 g/mol. The summed E-state index contributed by atoms with van der Waals surface area (Å²) < 4.78 is 5.12. The SMILES string of the molecule is CCCSCc1cc(=O)[nH]c(SC(CC)C(=O)Nc2ccc(OC)c(Cl)c2)n1. The van der Waals surface area contributed by atoms with Crippen molar-refractivity contribution < 1.29 is 9.53 Å². The Morgan fingerprint density at radius 3 is 2.79 bits per heavy atom. The Morgan fingerprint density at radius 1 is 1.36 bits per heavy atom. The number of carbonyl (C=O) groups is 1. The highest BCUT2D eigenvalue weighted by Crippen LogP contribution is 2.28. The van der Waals surface area contributed by atoms with Gasteiger partial charge in [-0.3, -0.25) is 9.59 Å². The van der Waals surface area contributed by atoms with Crippen LogP contribution in [-0.4, -0.2) is 34.0 Å². The maximum absolute atomic E-state index is 12.7. The highest BCUT2D eigenvalue weighted by atomic mass is 35.5. The van der Waals surface area contributed by atoms with E-state index < -0.39 is 5.25 Å². The third kappa shape index (κ3) is 6.76. The molecule has 0 saturated carbocycles. The van der Waals surface area contributed by atoms with Crippen LogP contribution in [0.15, 0.2) is 34.2 Å². The summed E-state index contributed by atoms with van der Waals surface area (Å²) in [7, 11) is 1.53. The van der Waals surface area contributed by atoms with Gasteiger partial charge in [-0.15, -0.1) is 0 Å². The van der Waals surface area contributed by atoms with Crippen molar-refractivity contribution in [2.75, 3.05) is 18.2 Å². The Morgan fingerprint density at radius 2 is 2.14 bits per heavy atom. The first-order chi connectivity index (χ1) is 13.5. The zero-order valence-electron chi connectivity index (χ0n) is 16.1. The first kappa shape index (κ1) is 22.6. The topological polar surface area (TPSA) is 84.1 Å². The smallest absolute Gasteiger partial charge is 0.251 e. The zero-order chi connectivity index (χ0) is 20.5. The van der Waals surface area contributed by atoms with Gasteiger partial charge in [0, 0.05) is 17.5 Å². The molecule has 1 atom stereocenters. The predicted octanol–water partition coefficient (Wildman–Crippen LogP) is 4.58. The summed E-state index contributed by atoms with van der Waals surface area (Å²) in [6, 6.07) is 6.57. The summed E-state index contributed by atoms with van der Waals surface area (Å²) in [6.45, 7) is 4.03. The average Bonchev–Trinajstić information content (AvgIpc) is 2.66. The quantitative estimate of drug-likeness (QED) is 0.319. The van der Waals surface area contributed by atoms with Gasteiger partial charge in [0.1, 0.15) is 5.75 Å². The molecule has 0 spiro atoms. The molecule has 1 heterocycles. The highest BCUT2D eigenvalue weighted by molar-refractivity contribution is 8.00. The molecule has 1 unspecified atom stereocenters. The third-order valence-electron chi connectivity index (χ3n) is 3.71. The molecule has 28 heavy (non-hydrogen) atoms. The van der Waals surface area contributed by atoms with Crippen molar-refractivity contribution in [3.05, 3.63) is 45.3 Å². The van der Waals surface area contributed by atoms with Crippen LogP contribution in [0.5, 0.6) is 5.75 Å². The Balaban J connectivity index is 2.07. The Kier molecular flexibility index (Phi) is 9.21. The van der Waals surface area contributed by atoms with Gasteiger partial charge in [0.15, 0.2) is 5.16 Å². The molecule has 0 bridgehead atoms. The molecular formula is C19H24ClN3O3S2. The number of aromatic nitrogens is 2. The van der Waals surface area contributed by atoms with Gasteiger partial charge in [-0.05, 0) is 36.8 Å². The molecule has 0 aliphatic carbocycles. The van der Waals surface area contributed by atoms with Crippen molar-refractivity contribution in [2.45, 2.75) is 42.8 Å². The van der Waals surface area contributed by atoms with Gasteiger partial charge in [0.25, 0.3) is 5.56 Å². The Labute approximate surface area is 178 Å². The maximum Gasteiger partial charge on any atom is 0.251 e. The molecule has 0 aliphatic heterocycles. The molecular weight excluding hydrogens is 418 g/mol. The second-order valence-corrected chi connectivity index (χ2v) is 8.65. The van der Waals surface area contributed by atoms with Gasteiger partial charge in [0.05, 0.1) is 23.1 Å². The van der Waals surface area contributed by atoms with E-state index in [-0.39, 0.29) is 11.5 Å². The molecule has 2 aromatic rings. The zero-order valence-corrected chi connectivity index (χ0v) is 18.5. The van der Waals surface area contributed by atoms with Crippen LogP contribution >= 0.6 is 35.1 Å². The number of thioether (sulfide) groups is 2. The average molecular weight is 442 g/mol. The maximum atomic E-state index is 12.7. The van der Waals surface area contributed by atoms with Crippen LogP contribution in [0, 0.1) is 0 Å². The molecule has 2 N–H and O–H groups in total. The van der Waals surface area contributed by atoms with E-state index in [1.165, 1.54) is 24.9 Å². The lowest BCUT2D eigenvalue weighted by Crippen LogP contribution is -2.25. The number of halogens is 1. The number of hydrogen-bond donors (Lipinski definition) is 2. The van der Waals surface area contributed by atoms with Crippen LogP contribution in [0.2, 0.25) is 5.02 Å². The fourth-order valence-electron chi connectivity index (χ4n) is 2.36. The van der Waals surface area contributed by atoms with Crippen LogP contribution in [0.1, 0.15) is 32.4 Å². The number of amides is 1. The van der Waals surface area contributed by atoms with E-state index in [9.17, 15) is 9.59 Å². The summed E-state index contributed by atoms with van der Waals surface area (Å²) >= 11 is 9.09. The number of methoxy groups -OCH3 is 1. The fourth-order valence-corrected chi connectivity index (χ4v) is 4.34. The minimum absolute atomic E-state index is 0.179. The first-order valence-electron chi connectivity index (χ1n) is 8.95. The molecule has 0 aliphatic rings. The number of benzene rings is 1. The highest BCUT2D eigenvalue weighted by Gasteiger charge is 2.20. The summed E-state index contributed by atoms with van der Waals surface area (Å²) in [5.74, 6) is 2.06. The van der Waals surface area contributed by atoms with Gasteiger partial charge in [-0.25, -0.2) is 4.98 Å². The van der Waals surface area contributed by atoms with E-state index in [0.717, 1.165) is 17.9 Å². The predicted molar refractivity (Wildman–Crippen MR) is 118 cm³/mol. The van der Waals surface area contributed by atoms with Crippen molar-refractivity contribution in [3.8, 4) is 5.75 Å². The number of hydrogen-bond acceptors (Lipinski definition) is 6. The van der Waals surface area contributed by atoms with E-state index in [1.807, 2.05) is 6.92 Å². The van der Waals surface area contributed by atoms with Crippen molar-refractivity contribution in [1.82, 2.24) is 9.97 Å². The third-order valence-corrected chi connectivity index (χ3v) is 6.45.